The van der Waals surface area contributed by atoms with Gasteiger partial charge >= 0.3 is 0 Å². The van der Waals surface area contributed by atoms with Crippen molar-refractivity contribution in [2.24, 2.45) is 0 Å². The number of hydrogen-bond donors (Lipinski definition) is 0. The summed E-state index contributed by atoms with van der Waals surface area (Å²) < 4.78 is 12.2. The molecule has 1 aliphatic carbocycles. The Morgan fingerprint density at radius 1 is 1.32 bits per heavy atom. The Labute approximate surface area is 152 Å². The van der Waals surface area contributed by atoms with E-state index >= 15 is 0 Å². The smallest absolute Gasteiger partial charge is 0.213 e. The van der Waals surface area contributed by atoms with Crippen molar-refractivity contribution in [2.45, 2.75) is 56.9 Å². The van der Waals surface area contributed by atoms with Gasteiger partial charge in [0.25, 0.3) is 0 Å². The van der Waals surface area contributed by atoms with E-state index in [1.165, 1.54) is 0 Å². The second-order valence-electron chi connectivity index (χ2n) is 6.90. The van der Waals surface area contributed by atoms with Crippen molar-refractivity contribution in [3.05, 3.63) is 34.4 Å². The van der Waals surface area contributed by atoms with Crippen LogP contribution in [-0.4, -0.2) is 51.5 Å². The fourth-order valence-electron chi connectivity index (χ4n) is 4.21. The summed E-state index contributed by atoms with van der Waals surface area (Å²) in [6.45, 7) is 3.88. The van der Waals surface area contributed by atoms with Crippen molar-refractivity contribution in [3.8, 4) is 5.88 Å². The fourth-order valence-corrected chi connectivity index (χ4v) is 4.95. The van der Waals surface area contributed by atoms with Gasteiger partial charge in [-0.25, -0.2) is 4.98 Å². The number of pyridine rings is 1. The molecule has 25 heavy (non-hydrogen) atoms. The van der Waals surface area contributed by atoms with Gasteiger partial charge in [0.1, 0.15) is 16.1 Å². The highest BCUT2D eigenvalue weighted by atomic mass is 32.1. The van der Waals surface area contributed by atoms with E-state index in [2.05, 4.69) is 20.1 Å². The minimum absolute atomic E-state index is 0.0519. The first kappa shape index (κ1) is 16.9. The van der Waals surface area contributed by atoms with Crippen molar-refractivity contribution in [1.82, 2.24) is 20.1 Å². The lowest BCUT2D eigenvalue weighted by Gasteiger charge is -2.43. The molecule has 1 aliphatic heterocycles. The zero-order valence-corrected chi connectivity index (χ0v) is 15.5. The van der Waals surface area contributed by atoms with Gasteiger partial charge in [0.15, 0.2) is 0 Å². The highest BCUT2D eigenvalue weighted by molar-refractivity contribution is 7.11. The molecule has 3 heterocycles. The van der Waals surface area contributed by atoms with Crippen LogP contribution in [0.15, 0.2) is 24.4 Å². The van der Waals surface area contributed by atoms with Crippen LogP contribution >= 0.6 is 11.3 Å². The maximum Gasteiger partial charge on any atom is 0.213 e. The van der Waals surface area contributed by atoms with Gasteiger partial charge in [-0.05, 0) is 32.3 Å². The number of methoxy groups -OCH3 is 1. The van der Waals surface area contributed by atoms with Crippen molar-refractivity contribution >= 4 is 11.3 Å². The van der Waals surface area contributed by atoms with Crippen LogP contribution < -0.4 is 4.74 Å². The fraction of sp³-hybridized carbons (Fsp3) is 0.611. The predicted molar refractivity (Wildman–Crippen MR) is 95.7 cm³/mol. The van der Waals surface area contributed by atoms with Gasteiger partial charge in [-0.2, -0.15) is 0 Å². The SMILES string of the molecule is CO[C@@]12CC[C@@H](Oc3ccccn3)C[C@@H]1N(Cc1nnc(C)s1)CC2. The van der Waals surface area contributed by atoms with Crippen molar-refractivity contribution in [3.63, 3.8) is 0 Å². The van der Waals surface area contributed by atoms with E-state index in [4.69, 9.17) is 9.47 Å². The van der Waals surface area contributed by atoms with Crippen LogP contribution in [-0.2, 0) is 11.3 Å². The summed E-state index contributed by atoms with van der Waals surface area (Å²) >= 11 is 1.68. The van der Waals surface area contributed by atoms with Gasteiger partial charge in [-0.15, -0.1) is 21.5 Å². The largest absolute Gasteiger partial charge is 0.474 e. The van der Waals surface area contributed by atoms with Crippen LogP contribution in [0.5, 0.6) is 5.88 Å². The molecule has 2 fully saturated rings. The van der Waals surface area contributed by atoms with Crippen LogP contribution in [0.1, 0.15) is 35.7 Å². The lowest BCUT2D eigenvalue weighted by atomic mass is 9.79. The lowest BCUT2D eigenvalue weighted by Crippen LogP contribution is -2.52. The number of likely N-dealkylation sites (tertiary alicyclic amines) is 1. The second-order valence-corrected chi connectivity index (χ2v) is 8.17. The molecule has 0 N–H and O–H groups in total. The molecule has 7 heteroatoms. The molecule has 1 saturated carbocycles. The Hall–Kier alpha value is -1.57. The molecular weight excluding hydrogens is 336 g/mol. The number of aromatic nitrogens is 3. The Balaban J connectivity index is 1.48. The van der Waals surface area contributed by atoms with Gasteiger partial charge in [-0.3, -0.25) is 4.90 Å². The summed E-state index contributed by atoms with van der Waals surface area (Å²) in [6.07, 6.45) is 6.02. The average molecular weight is 360 g/mol. The van der Waals surface area contributed by atoms with E-state index in [-0.39, 0.29) is 11.7 Å². The first-order valence-corrected chi connectivity index (χ1v) is 9.66. The maximum atomic E-state index is 6.14. The predicted octanol–water partition coefficient (Wildman–Crippen LogP) is 2.83. The lowest BCUT2D eigenvalue weighted by molar-refractivity contribution is -0.0843. The Bertz CT molecular complexity index is 710. The minimum atomic E-state index is -0.0519. The molecule has 0 unspecified atom stereocenters. The second kappa shape index (κ2) is 6.97. The van der Waals surface area contributed by atoms with Crippen LogP contribution in [0.25, 0.3) is 0 Å². The van der Waals surface area contributed by atoms with Gasteiger partial charge in [0.05, 0.1) is 12.1 Å². The molecular formula is C18H24N4O2S. The summed E-state index contributed by atoms with van der Waals surface area (Å²) in [6, 6.07) is 6.15. The molecule has 6 nitrogen and oxygen atoms in total. The Kier molecular flexibility index (Phi) is 4.71. The quantitative estimate of drug-likeness (QED) is 0.817. The van der Waals surface area contributed by atoms with E-state index in [9.17, 15) is 0 Å². The third-order valence-electron chi connectivity index (χ3n) is 5.48. The zero-order valence-electron chi connectivity index (χ0n) is 14.7. The highest BCUT2D eigenvalue weighted by Crippen LogP contribution is 2.43. The highest BCUT2D eigenvalue weighted by Gasteiger charge is 2.51. The number of rotatable bonds is 5. The Morgan fingerprint density at radius 2 is 2.24 bits per heavy atom. The topological polar surface area (TPSA) is 60.4 Å². The maximum absolute atomic E-state index is 6.14. The van der Waals surface area contributed by atoms with E-state index in [0.29, 0.717) is 11.9 Å². The zero-order chi connectivity index (χ0) is 17.3. The van der Waals surface area contributed by atoms with E-state index in [1.54, 1.807) is 17.5 Å². The van der Waals surface area contributed by atoms with Crippen LogP contribution in [0.4, 0.5) is 0 Å². The summed E-state index contributed by atoms with van der Waals surface area (Å²) in [5.41, 5.74) is -0.0519. The van der Waals surface area contributed by atoms with Crippen LogP contribution in [0, 0.1) is 6.92 Å². The number of fused-ring (bicyclic) bond motifs is 1. The van der Waals surface area contributed by atoms with E-state index in [1.807, 2.05) is 32.2 Å². The molecule has 0 radical (unpaired) electrons. The van der Waals surface area contributed by atoms with Crippen molar-refractivity contribution in [2.75, 3.05) is 13.7 Å². The first-order chi connectivity index (χ1) is 12.2. The number of ether oxygens (including phenoxy) is 2. The number of aryl methyl sites for hydroxylation is 1. The molecule has 0 bridgehead atoms. The Morgan fingerprint density at radius 3 is 2.96 bits per heavy atom. The van der Waals surface area contributed by atoms with Crippen molar-refractivity contribution < 1.29 is 9.47 Å². The number of nitrogens with zero attached hydrogens (tertiary/aromatic N) is 4. The molecule has 3 atom stereocenters. The molecule has 2 aromatic heterocycles. The summed E-state index contributed by atoms with van der Waals surface area (Å²) in [5, 5.41) is 10.5. The normalized spacial score (nSPS) is 29.5. The average Bonchev–Trinajstić information content (AvgIpc) is 3.21. The summed E-state index contributed by atoms with van der Waals surface area (Å²) in [4.78, 5) is 6.80. The molecule has 0 amide bonds. The first-order valence-electron chi connectivity index (χ1n) is 8.84. The molecule has 0 aromatic carbocycles. The number of hydrogen-bond acceptors (Lipinski definition) is 7. The van der Waals surface area contributed by atoms with Gasteiger partial charge < -0.3 is 9.47 Å². The third-order valence-corrected chi connectivity index (χ3v) is 6.31. The molecule has 2 aliphatic rings. The van der Waals surface area contributed by atoms with Gasteiger partial charge in [0.2, 0.25) is 5.88 Å². The summed E-state index contributed by atoms with van der Waals surface area (Å²) in [7, 11) is 1.85. The minimum Gasteiger partial charge on any atom is -0.474 e. The molecule has 0 spiro atoms. The summed E-state index contributed by atoms with van der Waals surface area (Å²) in [5.74, 6) is 0.710. The van der Waals surface area contributed by atoms with Crippen LogP contribution in [0.3, 0.4) is 0 Å². The third kappa shape index (κ3) is 3.41. The monoisotopic (exact) mass is 360 g/mol. The molecule has 2 aromatic rings. The molecule has 134 valence electrons. The van der Waals surface area contributed by atoms with E-state index in [0.717, 1.165) is 48.8 Å². The standard InChI is InChI=1S/C18H24N4O2S/c1-13-20-21-17(25-13)12-22-10-8-18(23-2)7-6-14(11-15(18)22)24-16-5-3-4-9-19-16/h3-5,9,14-15H,6-8,10-12H2,1-2H3/t14-,15+,18-/m1/s1. The van der Waals surface area contributed by atoms with E-state index < -0.39 is 0 Å². The van der Waals surface area contributed by atoms with Gasteiger partial charge in [-0.1, -0.05) is 6.07 Å². The molecule has 1 saturated heterocycles. The van der Waals surface area contributed by atoms with Crippen LogP contribution in [0.2, 0.25) is 0 Å². The molecule has 4 rings (SSSR count). The van der Waals surface area contributed by atoms with Gasteiger partial charge in [0, 0.05) is 38.4 Å². The van der Waals surface area contributed by atoms with Crippen molar-refractivity contribution in [1.29, 1.82) is 0 Å².